The molecule has 1 N–H and O–H groups in total. The van der Waals surface area contributed by atoms with Crippen LogP contribution in [0, 0.1) is 0 Å². The normalized spacial score (nSPS) is 16.2. The van der Waals surface area contributed by atoms with Gasteiger partial charge in [-0.3, -0.25) is 0 Å². The van der Waals surface area contributed by atoms with Crippen molar-refractivity contribution in [1.82, 2.24) is 0 Å². The highest BCUT2D eigenvalue weighted by Gasteiger charge is 2.50. The minimum atomic E-state index is -5.12. The summed E-state index contributed by atoms with van der Waals surface area (Å²) in [6, 6.07) is 0. The lowest BCUT2D eigenvalue weighted by Crippen LogP contribution is -2.41. The van der Waals surface area contributed by atoms with Crippen LogP contribution in [-0.2, 0) is 4.74 Å². The Kier molecular flexibility index (Phi) is 3.34. The summed E-state index contributed by atoms with van der Waals surface area (Å²) in [5, 5.41) is 7.54. The Hall–Kier alpha value is -0.500. The number of aliphatic hydroxyl groups excluding tert-OH is 1. The van der Waals surface area contributed by atoms with Gasteiger partial charge in [-0.15, -0.1) is 0 Å². The molecule has 0 aliphatic rings. The fraction of sp³-hybridized carbons (Fsp3) is 1.00. The molecule has 0 saturated carbocycles. The number of aliphatic hydroxyl groups is 1. The van der Waals surface area contributed by atoms with E-state index >= 15 is 0 Å². The summed E-state index contributed by atoms with van der Waals surface area (Å²) < 4.78 is 71.7. The van der Waals surface area contributed by atoms with E-state index in [0.29, 0.717) is 0 Å². The molecule has 0 spiro atoms. The van der Waals surface area contributed by atoms with Crippen LogP contribution < -0.4 is 0 Å². The quantitative estimate of drug-likeness (QED) is 0.692. The molecule has 0 bridgehead atoms. The molecule has 2 nitrogen and oxygen atoms in total. The van der Waals surface area contributed by atoms with E-state index in [1.165, 1.54) is 0 Å². The summed E-state index contributed by atoms with van der Waals surface area (Å²) in [5.74, 6) is 0. The van der Waals surface area contributed by atoms with Gasteiger partial charge in [0.15, 0.2) is 6.67 Å². The molecule has 0 aliphatic carbocycles. The summed E-state index contributed by atoms with van der Waals surface area (Å²) in [6.45, 7) is -2.53. The van der Waals surface area contributed by atoms with Crippen molar-refractivity contribution < 1.29 is 36.2 Å². The van der Waals surface area contributed by atoms with Gasteiger partial charge in [-0.05, 0) is 0 Å². The summed E-state index contributed by atoms with van der Waals surface area (Å²) in [5.41, 5.74) is 0. The van der Waals surface area contributed by atoms with E-state index in [2.05, 4.69) is 4.74 Å². The maximum Gasteiger partial charge on any atom is 0.415 e. The van der Waals surface area contributed by atoms with Crippen LogP contribution in [0.15, 0.2) is 0 Å². The van der Waals surface area contributed by atoms with Crippen molar-refractivity contribution >= 4 is 0 Å². The zero-order valence-corrected chi connectivity index (χ0v) is 5.41. The lowest BCUT2D eigenvalue weighted by Gasteiger charge is -2.21. The molecule has 12 heavy (non-hydrogen) atoms. The molecule has 1 unspecified atom stereocenters. The first-order chi connectivity index (χ1) is 5.21. The molecular weight excluding hydrogens is 194 g/mol. The van der Waals surface area contributed by atoms with Gasteiger partial charge in [0, 0.05) is 0 Å². The second kappa shape index (κ2) is 3.48. The predicted octanol–water partition coefficient (Wildman–Crippen LogP) is 1.45. The number of ether oxygens (including phenoxy) is 1. The molecule has 0 fully saturated rings. The minimum absolute atomic E-state index is 2.37. The molecule has 0 radical (unpaired) electrons. The molecule has 0 aromatic heterocycles. The predicted molar refractivity (Wildman–Crippen MR) is 24.1 cm³/mol. The third-order valence-electron chi connectivity index (χ3n) is 0.718. The first-order valence-electron chi connectivity index (χ1n) is 2.55. The summed E-state index contributed by atoms with van der Waals surface area (Å²) >= 11 is 0. The lowest BCUT2D eigenvalue weighted by molar-refractivity contribution is -0.415. The largest absolute Gasteiger partial charge is 0.415 e. The van der Waals surface area contributed by atoms with Crippen molar-refractivity contribution in [3.8, 4) is 0 Å². The Morgan fingerprint density at radius 2 is 1.67 bits per heavy atom. The Morgan fingerprint density at radius 1 is 1.25 bits per heavy atom. The van der Waals surface area contributed by atoms with Crippen molar-refractivity contribution in [2.24, 2.45) is 0 Å². The molecule has 74 valence electrons. The molecule has 8 heteroatoms. The number of alkyl halides is 6. The van der Waals surface area contributed by atoms with Crippen molar-refractivity contribution in [3.63, 3.8) is 0 Å². The molecule has 1 atom stereocenters. The summed E-state index contributed by atoms with van der Waals surface area (Å²) in [6.07, 6.45) is -13.8. The van der Waals surface area contributed by atoms with Gasteiger partial charge in [0.25, 0.3) is 6.36 Å². The van der Waals surface area contributed by atoms with E-state index in [4.69, 9.17) is 5.11 Å². The maximum atomic E-state index is 11.7. The molecule has 0 aromatic rings. The fourth-order valence-corrected chi connectivity index (χ4v) is 0.275. The third-order valence-corrected chi connectivity index (χ3v) is 0.718. The van der Waals surface area contributed by atoms with Gasteiger partial charge in [-0.25, -0.2) is 13.5 Å². The second-order valence-corrected chi connectivity index (χ2v) is 1.77. The molecule has 0 heterocycles. The first-order valence-corrected chi connectivity index (χ1v) is 2.55. The highest BCUT2D eigenvalue weighted by atomic mass is 19.3. The average Bonchev–Trinajstić information content (AvgIpc) is 1.85. The van der Waals surface area contributed by atoms with Gasteiger partial charge in [0.05, 0.1) is 0 Å². The van der Waals surface area contributed by atoms with Gasteiger partial charge in [0.2, 0.25) is 0 Å². The Labute approximate surface area is 62.7 Å². The van der Waals surface area contributed by atoms with Crippen LogP contribution >= 0.6 is 0 Å². The maximum absolute atomic E-state index is 11.7. The summed E-state index contributed by atoms with van der Waals surface area (Å²) in [7, 11) is 0. The van der Waals surface area contributed by atoms with E-state index < -0.39 is 25.2 Å². The Bertz CT molecular complexity index is 146. The van der Waals surface area contributed by atoms with Gasteiger partial charge in [-0.2, -0.15) is 17.6 Å². The Balaban J connectivity index is 4.23. The lowest BCUT2D eigenvalue weighted by atomic mass is 10.6. The topological polar surface area (TPSA) is 29.5 Å². The fourth-order valence-electron chi connectivity index (χ4n) is 0.275. The minimum Gasteiger partial charge on any atom is -0.357 e. The van der Waals surface area contributed by atoms with E-state index in [0.717, 1.165) is 0 Å². The standard InChI is InChI=1S/C4H4F6O2/c5-1-3(7,8)12-4(9,10)2(6)11/h2,11H,1H2. The van der Waals surface area contributed by atoms with Crippen LogP contribution in [0.3, 0.4) is 0 Å². The molecule has 0 saturated heterocycles. The molecule has 0 rings (SSSR count). The molecule has 0 aromatic carbocycles. The van der Waals surface area contributed by atoms with Crippen molar-refractivity contribution in [1.29, 1.82) is 0 Å². The van der Waals surface area contributed by atoms with Gasteiger partial charge < -0.3 is 5.11 Å². The highest BCUT2D eigenvalue weighted by Crippen LogP contribution is 2.30. The smallest absolute Gasteiger partial charge is 0.357 e. The average molecular weight is 198 g/mol. The zero-order valence-electron chi connectivity index (χ0n) is 5.41. The number of hydrogen-bond donors (Lipinski definition) is 1. The molecular formula is C4H4F6O2. The van der Waals surface area contributed by atoms with Crippen LogP contribution in [-0.4, -0.2) is 30.4 Å². The van der Waals surface area contributed by atoms with E-state index in [9.17, 15) is 26.3 Å². The van der Waals surface area contributed by atoms with Crippen LogP contribution in [0.1, 0.15) is 0 Å². The zero-order chi connectivity index (χ0) is 9.99. The van der Waals surface area contributed by atoms with Gasteiger partial charge in [0.1, 0.15) is 0 Å². The van der Waals surface area contributed by atoms with Crippen molar-refractivity contribution in [2.75, 3.05) is 6.67 Å². The number of hydrogen-bond acceptors (Lipinski definition) is 2. The van der Waals surface area contributed by atoms with Crippen molar-refractivity contribution in [3.05, 3.63) is 0 Å². The number of halogens is 6. The SMILES string of the molecule is OC(F)C(F)(F)OC(F)(F)CF. The Morgan fingerprint density at radius 3 is 1.92 bits per heavy atom. The van der Waals surface area contributed by atoms with Crippen LogP contribution in [0.25, 0.3) is 0 Å². The van der Waals surface area contributed by atoms with E-state index in [1.54, 1.807) is 0 Å². The van der Waals surface area contributed by atoms with Gasteiger partial charge >= 0.3 is 12.2 Å². The third kappa shape index (κ3) is 3.26. The number of rotatable bonds is 4. The summed E-state index contributed by atoms with van der Waals surface area (Å²) in [4.78, 5) is 0. The van der Waals surface area contributed by atoms with Gasteiger partial charge in [-0.1, -0.05) is 0 Å². The van der Waals surface area contributed by atoms with Crippen molar-refractivity contribution in [2.45, 2.75) is 18.6 Å². The van der Waals surface area contributed by atoms with Crippen LogP contribution in [0.4, 0.5) is 26.3 Å². The highest BCUT2D eigenvalue weighted by molar-refractivity contribution is 4.59. The van der Waals surface area contributed by atoms with E-state index in [1.807, 2.05) is 0 Å². The monoisotopic (exact) mass is 198 g/mol. The second-order valence-electron chi connectivity index (χ2n) is 1.77. The molecule has 0 aliphatic heterocycles. The van der Waals surface area contributed by atoms with E-state index in [-0.39, 0.29) is 0 Å². The van der Waals surface area contributed by atoms with Crippen LogP contribution in [0.2, 0.25) is 0 Å². The first kappa shape index (κ1) is 11.5. The molecule has 0 amide bonds. The van der Waals surface area contributed by atoms with Crippen LogP contribution in [0.5, 0.6) is 0 Å².